The first-order valence-electron chi connectivity index (χ1n) is 7.91. The summed E-state index contributed by atoms with van der Waals surface area (Å²) < 4.78 is 32.0. The minimum atomic E-state index is -3.20. The highest BCUT2D eigenvalue weighted by Crippen LogP contribution is 2.25. The van der Waals surface area contributed by atoms with Gasteiger partial charge in [0.15, 0.2) is 0 Å². The van der Waals surface area contributed by atoms with Crippen LogP contribution in [0.3, 0.4) is 0 Å². The minimum absolute atomic E-state index is 0.0204. The average molecular weight is 326 g/mol. The van der Waals surface area contributed by atoms with Gasteiger partial charge in [0, 0.05) is 38.2 Å². The quantitative estimate of drug-likeness (QED) is 0.734. The number of hydrogen-bond donors (Lipinski definition) is 0. The molecule has 2 atom stereocenters. The average Bonchev–Trinajstić information content (AvgIpc) is 2.95. The standard InChI is InChI=1S/C16H26N2O3S/c1-14(12-21-2)13-22(19,20)18-11-5-7-16(18)9-8-15-6-3-4-10-17-15/h3-4,6,10,14,16H,5,7-9,11-13H2,1-2H3/t14?,16-/m0/s1. The van der Waals surface area contributed by atoms with Gasteiger partial charge in [-0.15, -0.1) is 0 Å². The Hall–Kier alpha value is -0.980. The second kappa shape index (κ2) is 8.04. The predicted octanol–water partition coefficient (Wildman–Crippen LogP) is 2.09. The monoisotopic (exact) mass is 326 g/mol. The van der Waals surface area contributed by atoms with Gasteiger partial charge in [0.1, 0.15) is 0 Å². The maximum atomic E-state index is 12.6. The summed E-state index contributed by atoms with van der Waals surface area (Å²) in [5.74, 6) is 0.188. The van der Waals surface area contributed by atoms with Gasteiger partial charge in [0.05, 0.1) is 5.75 Å². The Morgan fingerprint density at radius 1 is 1.45 bits per heavy atom. The van der Waals surface area contributed by atoms with Crippen molar-refractivity contribution in [2.24, 2.45) is 5.92 Å². The smallest absolute Gasteiger partial charge is 0.214 e. The molecule has 0 radical (unpaired) electrons. The second-order valence-electron chi connectivity index (χ2n) is 6.11. The zero-order chi connectivity index (χ0) is 16.0. The molecule has 1 aliphatic rings. The largest absolute Gasteiger partial charge is 0.384 e. The summed E-state index contributed by atoms with van der Waals surface area (Å²) in [6, 6.07) is 5.97. The van der Waals surface area contributed by atoms with Crippen LogP contribution in [-0.4, -0.2) is 49.8 Å². The van der Waals surface area contributed by atoms with E-state index in [1.54, 1.807) is 17.6 Å². The van der Waals surface area contributed by atoms with Gasteiger partial charge in [-0.25, -0.2) is 8.42 Å². The maximum absolute atomic E-state index is 12.6. The van der Waals surface area contributed by atoms with Crippen molar-refractivity contribution in [3.8, 4) is 0 Å². The van der Waals surface area contributed by atoms with Crippen LogP contribution in [0.1, 0.15) is 31.9 Å². The van der Waals surface area contributed by atoms with Crippen LogP contribution in [-0.2, 0) is 21.2 Å². The van der Waals surface area contributed by atoms with E-state index in [1.807, 2.05) is 25.1 Å². The molecular weight excluding hydrogens is 300 g/mol. The van der Waals surface area contributed by atoms with Gasteiger partial charge < -0.3 is 4.74 Å². The minimum Gasteiger partial charge on any atom is -0.384 e. The van der Waals surface area contributed by atoms with Crippen molar-refractivity contribution < 1.29 is 13.2 Å². The van der Waals surface area contributed by atoms with Gasteiger partial charge >= 0.3 is 0 Å². The lowest BCUT2D eigenvalue weighted by Crippen LogP contribution is -2.39. The van der Waals surface area contributed by atoms with Crippen molar-refractivity contribution in [1.82, 2.24) is 9.29 Å². The highest BCUT2D eigenvalue weighted by Gasteiger charge is 2.34. The molecule has 1 aromatic heterocycles. The summed E-state index contributed by atoms with van der Waals surface area (Å²) in [5.41, 5.74) is 1.03. The number of methoxy groups -OCH3 is 1. The summed E-state index contributed by atoms with van der Waals surface area (Å²) in [6.45, 7) is 3.04. The van der Waals surface area contributed by atoms with E-state index in [0.717, 1.165) is 31.4 Å². The molecule has 0 aromatic carbocycles. The Bertz CT molecular complexity index is 548. The van der Waals surface area contributed by atoms with Crippen LogP contribution in [0.4, 0.5) is 0 Å². The van der Waals surface area contributed by atoms with Gasteiger partial charge in [0.25, 0.3) is 0 Å². The maximum Gasteiger partial charge on any atom is 0.214 e. The fourth-order valence-corrected chi connectivity index (χ4v) is 5.19. The Morgan fingerprint density at radius 3 is 2.95 bits per heavy atom. The fourth-order valence-electron chi connectivity index (χ4n) is 3.11. The first-order valence-corrected chi connectivity index (χ1v) is 9.52. The first-order chi connectivity index (χ1) is 10.5. The molecule has 2 heterocycles. The topological polar surface area (TPSA) is 59.5 Å². The molecule has 124 valence electrons. The molecule has 1 fully saturated rings. The zero-order valence-corrected chi connectivity index (χ0v) is 14.3. The van der Waals surface area contributed by atoms with Crippen molar-refractivity contribution in [3.63, 3.8) is 0 Å². The number of sulfonamides is 1. The summed E-state index contributed by atoms with van der Waals surface area (Å²) in [6.07, 6.45) is 5.35. The lowest BCUT2D eigenvalue weighted by atomic mass is 10.1. The van der Waals surface area contributed by atoms with E-state index >= 15 is 0 Å². The number of ether oxygens (including phenoxy) is 1. The van der Waals surface area contributed by atoms with Crippen LogP contribution in [0, 0.1) is 5.92 Å². The summed E-state index contributed by atoms with van der Waals surface area (Å²) >= 11 is 0. The predicted molar refractivity (Wildman–Crippen MR) is 87.1 cm³/mol. The second-order valence-corrected chi connectivity index (χ2v) is 8.07. The molecule has 5 nitrogen and oxygen atoms in total. The summed E-state index contributed by atoms with van der Waals surface area (Å²) in [7, 11) is -1.60. The van der Waals surface area contributed by atoms with Crippen LogP contribution in [0.2, 0.25) is 0 Å². The highest BCUT2D eigenvalue weighted by atomic mass is 32.2. The molecule has 1 aliphatic heterocycles. The van der Waals surface area contributed by atoms with Gasteiger partial charge in [-0.2, -0.15) is 4.31 Å². The number of aromatic nitrogens is 1. The molecule has 1 aromatic rings. The number of nitrogens with zero attached hydrogens (tertiary/aromatic N) is 2. The van der Waals surface area contributed by atoms with E-state index in [9.17, 15) is 8.42 Å². The Labute approximate surface area is 133 Å². The van der Waals surface area contributed by atoms with E-state index in [0.29, 0.717) is 13.2 Å². The normalized spacial score (nSPS) is 21.1. The van der Waals surface area contributed by atoms with Crippen LogP contribution in [0.25, 0.3) is 0 Å². The van der Waals surface area contributed by atoms with Gasteiger partial charge in [-0.3, -0.25) is 4.98 Å². The van der Waals surface area contributed by atoms with Crippen LogP contribution >= 0.6 is 0 Å². The van der Waals surface area contributed by atoms with Crippen molar-refractivity contribution >= 4 is 10.0 Å². The molecule has 0 amide bonds. The molecule has 0 spiro atoms. The first kappa shape index (κ1) is 17.4. The van der Waals surface area contributed by atoms with E-state index < -0.39 is 10.0 Å². The number of pyridine rings is 1. The Kier molecular flexibility index (Phi) is 6.35. The molecule has 0 aliphatic carbocycles. The van der Waals surface area contributed by atoms with E-state index in [-0.39, 0.29) is 17.7 Å². The Morgan fingerprint density at radius 2 is 2.27 bits per heavy atom. The van der Waals surface area contributed by atoms with E-state index in [4.69, 9.17) is 4.74 Å². The lowest BCUT2D eigenvalue weighted by Gasteiger charge is -2.25. The molecule has 2 rings (SSSR count). The van der Waals surface area contributed by atoms with Gasteiger partial charge in [-0.05, 0) is 43.7 Å². The van der Waals surface area contributed by atoms with Crippen molar-refractivity contribution in [2.75, 3.05) is 26.0 Å². The third kappa shape index (κ3) is 4.76. The SMILES string of the molecule is COCC(C)CS(=O)(=O)N1CCC[C@H]1CCc1ccccn1. The van der Waals surface area contributed by atoms with Gasteiger partial charge in [0.2, 0.25) is 10.0 Å². The van der Waals surface area contributed by atoms with Crippen LogP contribution in [0.15, 0.2) is 24.4 Å². The molecule has 6 heteroatoms. The zero-order valence-electron chi connectivity index (χ0n) is 13.4. The summed E-state index contributed by atoms with van der Waals surface area (Å²) in [4.78, 5) is 4.32. The number of hydrogen-bond acceptors (Lipinski definition) is 4. The van der Waals surface area contributed by atoms with Crippen LogP contribution in [0.5, 0.6) is 0 Å². The van der Waals surface area contributed by atoms with Crippen molar-refractivity contribution in [1.29, 1.82) is 0 Å². The number of rotatable bonds is 8. The molecule has 0 saturated carbocycles. The van der Waals surface area contributed by atoms with E-state index in [2.05, 4.69) is 4.98 Å². The molecular formula is C16H26N2O3S. The summed E-state index contributed by atoms with van der Waals surface area (Å²) in [5, 5.41) is 0. The molecule has 1 unspecified atom stereocenters. The third-order valence-electron chi connectivity index (χ3n) is 4.09. The molecule has 1 saturated heterocycles. The molecule has 0 bridgehead atoms. The van der Waals surface area contributed by atoms with Gasteiger partial charge in [-0.1, -0.05) is 13.0 Å². The van der Waals surface area contributed by atoms with Crippen molar-refractivity contribution in [3.05, 3.63) is 30.1 Å². The lowest BCUT2D eigenvalue weighted by molar-refractivity contribution is 0.167. The molecule has 22 heavy (non-hydrogen) atoms. The molecule has 0 N–H and O–H groups in total. The van der Waals surface area contributed by atoms with Crippen molar-refractivity contribution in [2.45, 2.75) is 38.6 Å². The number of aryl methyl sites for hydroxylation is 1. The Balaban J connectivity index is 1.94. The van der Waals surface area contributed by atoms with Crippen LogP contribution < -0.4 is 0 Å². The third-order valence-corrected chi connectivity index (χ3v) is 6.27. The fraction of sp³-hybridized carbons (Fsp3) is 0.688. The van der Waals surface area contributed by atoms with E-state index in [1.165, 1.54) is 0 Å². The highest BCUT2D eigenvalue weighted by molar-refractivity contribution is 7.89.